The molecule has 28 heavy (non-hydrogen) atoms. The maximum atomic E-state index is 12.4. The van der Waals surface area contributed by atoms with Gasteiger partial charge in [0.25, 0.3) is 0 Å². The third-order valence-corrected chi connectivity index (χ3v) is 4.70. The van der Waals surface area contributed by atoms with Crippen LogP contribution in [-0.2, 0) is 4.74 Å². The lowest BCUT2D eigenvalue weighted by atomic mass is 9.90. The van der Waals surface area contributed by atoms with E-state index in [4.69, 9.17) is 14.6 Å². The Bertz CT molecular complexity index is 1210. The van der Waals surface area contributed by atoms with Crippen molar-refractivity contribution >= 4 is 22.6 Å². The average Bonchev–Trinajstić information content (AvgIpc) is 2.71. The van der Waals surface area contributed by atoms with Gasteiger partial charge in [-0.15, -0.1) is 0 Å². The molecule has 5 nitrogen and oxygen atoms in total. The summed E-state index contributed by atoms with van der Waals surface area (Å²) in [4.78, 5) is 12.4. The number of hydrogen-bond donors (Lipinski definition) is 2. The Kier molecular flexibility index (Phi) is 4.57. The first-order chi connectivity index (χ1) is 13.6. The normalized spacial score (nSPS) is 10.9. The fourth-order valence-corrected chi connectivity index (χ4v) is 3.48. The highest BCUT2D eigenvalue weighted by Gasteiger charge is 2.21. The first kappa shape index (κ1) is 17.8. The minimum atomic E-state index is -0.390. The average molecular weight is 372 g/mol. The van der Waals surface area contributed by atoms with Gasteiger partial charge in [0.1, 0.15) is 11.3 Å². The molecular weight excluding hydrogens is 352 g/mol. The molecule has 0 saturated carbocycles. The van der Waals surface area contributed by atoms with Gasteiger partial charge in [0.2, 0.25) is 0 Å². The van der Waals surface area contributed by atoms with Crippen LogP contribution < -0.4 is 10.7 Å². The van der Waals surface area contributed by atoms with Crippen LogP contribution >= 0.6 is 0 Å². The van der Waals surface area contributed by atoms with Crippen molar-refractivity contribution in [3.8, 4) is 22.5 Å². The summed E-state index contributed by atoms with van der Waals surface area (Å²) in [6.07, 6.45) is 0. The van der Waals surface area contributed by atoms with Crippen molar-refractivity contribution in [1.29, 1.82) is 5.41 Å². The summed E-state index contributed by atoms with van der Waals surface area (Å²) in [7, 11) is 1.38. The number of nitrogens with one attached hydrogen (secondary N) is 2. The standard InChI is InChI=1S/C23H20N2O3/c1-3-25-15-9-11-19-21(13-15)28-20-12-14(24)8-10-18(20)22(19)16-6-4-5-7-17(16)23(26)27-2/h4-13,24-25H,3H2,1-2H3. The quantitative estimate of drug-likeness (QED) is 0.394. The van der Waals surface area contributed by atoms with E-state index in [0.29, 0.717) is 22.3 Å². The highest BCUT2D eigenvalue weighted by atomic mass is 16.5. The van der Waals surface area contributed by atoms with Crippen LogP contribution in [0.4, 0.5) is 5.69 Å². The minimum absolute atomic E-state index is 0.366. The molecule has 0 unspecified atom stereocenters. The highest BCUT2D eigenvalue weighted by Crippen LogP contribution is 2.41. The van der Waals surface area contributed by atoms with Crippen molar-refractivity contribution in [2.75, 3.05) is 19.0 Å². The molecule has 0 amide bonds. The molecule has 1 heterocycles. The zero-order valence-corrected chi connectivity index (χ0v) is 15.7. The number of esters is 1. The van der Waals surface area contributed by atoms with Crippen LogP contribution in [0.1, 0.15) is 17.3 Å². The molecule has 1 aliphatic carbocycles. The van der Waals surface area contributed by atoms with Crippen LogP contribution in [0, 0.1) is 5.41 Å². The fraction of sp³-hybridized carbons (Fsp3) is 0.130. The van der Waals surface area contributed by atoms with Crippen LogP contribution in [0.5, 0.6) is 0 Å². The molecule has 5 heteroatoms. The number of carbonyl (C=O) groups is 1. The molecule has 0 radical (unpaired) electrons. The van der Waals surface area contributed by atoms with Crippen LogP contribution in [0.25, 0.3) is 33.4 Å². The van der Waals surface area contributed by atoms with Gasteiger partial charge >= 0.3 is 5.97 Å². The molecule has 2 aromatic carbocycles. The van der Waals surface area contributed by atoms with Gasteiger partial charge in [-0.25, -0.2) is 4.79 Å². The Morgan fingerprint density at radius 1 is 1.07 bits per heavy atom. The van der Waals surface area contributed by atoms with Gasteiger partial charge in [-0.1, -0.05) is 18.2 Å². The molecular formula is C23H20N2O3. The number of hydrogen-bond acceptors (Lipinski definition) is 5. The Balaban J connectivity index is 2.12. The molecule has 0 fully saturated rings. The lowest BCUT2D eigenvalue weighted by Crippen LogP contribution is -2.05. The van der Waals surface area contributed by atoms with Gasteiger partial charge < -0.3 is 19.9 Å². The zero-order chi connectivity index (χ0) is 19.7. The number of rotatable bonds is 4. The largest absolute Gasteiger partial charge is 0.465 e. The number of carbonyl (C=O) groups excluding carboxylic acids is 1. The van der Waals surface area contributed by atoms with E-state index in [1.165, 1.54) is 7.11 Å². The smallest absolute Gasteiger partial charge is 0.338 e. The van der Waals surface area contributed by atoms with E-state index in [1.807, 2.05) is 49.4 Å². The molecule has 0 bridgehead atoms. The first-order valence-electron chi connectivity index (χ1n) is 9.09. The summed E-state index contributed by atoms with van der Waals surface area (Å²) in [5, 5.41) is 12.5. The summed E-state index contributed by atoms with van der Waals surface area (Å²) in [5.41, 5.74) is 4.63. The summed E-state index contributed by atoms with van der Waals surface area (Å²) in [5.74, 6) is 0.211. The van der Waals surface area contributed by atoms with Gasteiger partial charge in [-0.05, 0) is 42.8 Å². The number of benzene rings is 3. The Morgan fingerprint density at radius 2 is 1.89 bits per heavy atom. The van der Waals surface area contributed by atoms with Crippen LogP contribution in [0.2, 0.25) is 0 Å². The lowest BCUT2D eigenvalue weighted by Gasteiger charge is -2.17. The zero-order valence-electron chi connectivity index (χ0n) is 15.7. The summed E-state index contributed by atoms with van der Waals surface area (Å²) in [6, 6.07) is 18.6. The SMILES string of the molecule is CCNc1ccc2c(-c3ccccc3C(=O)OC)c3ccc(=N)cc-3oc2c1. The van der Waals surface area contributed by atoms with Gasteiger partial charge in [0, 0.05) is 40.9 Å². The third kappa shape index (κ3) is 3.01. The van der Waals surface area contributed by atoms with Gasteiger partial charge in [-0.3, -0.25) is 0 Å². The van der Waals surface area contributed by atoms with Crippen molar-refractivity contribution in [2.45, 2.75) is 6.92 Å². The molecule has 4 rings (SSSR count). The van der Waals surface area contributed by atoms with Crippen LogP contribution in [0.3, 0.4) is 0 Å². The second kappa shape index (κ2) is 7.19. The third-order valence-electron chi connectivity index (χ3n) is 4.70. The van der Waals surface area contributed by atoms with Crippen LogP contribution in [-0.4, -0.2) is 19.6 Å². The highest BCUT2D eigenvalue weighted by molar-refractivity contribution is 6.08. The van der Waals surface area contributed by atoms with E-state index in [2.05, 4.69) is 5.32 Å². The van der Waals surface area contributed by atoms with Crippen molar-refractivity contribution in [3.05, 3.63) is 71.6 Å². The maximum Gasteiger partial charge on any atom is 0.338 e. The molecule has 140 valence electrons. The number of methoxy groups -OCH3 is 1. The minimum Gasteiger partial charge on any atom is -0.465 e. The fourth-order valence-electron chi connectivity index (χ4n) is 3.48. The lowest BCUT2D eigenvalue weighted by molar-refractivity contribution is 0.0601. The second-order valence-corrected chi connectivity index (χ2v) is 6.47. The monoisotopic (exact) mass is 372 g/mol. The van der Waals surface area contributed by atoms with E-state index in [0.717, 1.165) is 34.3 Å². The Morgan fingerprint density at radius 3 is 2.68 bits per heavy atom. The molecule has 0 aromatic heterocycles. The molecule has 2 aliphatic rings. The second-order valence-electron chi connectivity index (χ2n) is 6.47. The van der Waals surface area contributed by atoms with E-state index < -0.39 is 0 Å². The van der Waals surface area contributed by atoms with Crippen molar-refractivity contribution < 1.29 is 13.9 Å². The van der Waals surface area contributed by atoms with Crippen molar-refractivity contribution in [3.63, 3.8) is 0 Å². The first-order valence-corrected chi connectivity index (χ1v) is 9.09. The molecule has 2 aromatic rings. The molecule has 0 saturated heterocycles. The van der Waals surface area contributed by atoms with Gasteiger partial charge in [0.15, 0.2) is 0 Å². The summed E-state index contributed by atoms with van der Waals surface area (Å²) < 4.78 is 11.1. The Hall–Kier alpha value is -3.60. The van der Waals surface area contributed by atoms with E-state index in [9.17, 15) is 4.79 Å². The van der Waals surface area contributed by atoms with E-state index >= 15 is 0 Å². The van der Waals surface area contributed by atoms with Crippen LogP contribution in [0.15, 0.2) is 65.1 Å². The molecule has 0 spiro atoms. The topological polar surface area (TPSA) is 75.3 Å². The molecule has 2 N–H and O–H groups in total. The summed E-state index contributed by atoms with van der Waals surface area (Å²) >= 11 is 0. The van der Waals surface area contributed by atoms with E-state index in [1.54, 1.807) is 18.2 Å². The number of fused-ring (bicyclic) bond motifs is 2. The van der Waals surface area contributed by atoms with Crippen molar-refractivity contribution in [2.24, 2.45) is 0 Å². The number of ether oxygens (including phenoxy) is 1. The number of anilines is 1. The predicted molar refractivity (Wildman–Crippen MR) is 110 cm³/mol. The van der Waals surface area contributed by atoms with Gasteiger partial charge in [0.05, 0.1) is 18.0 Å². The van der Waals surface area contributed by atoms with Gasteiger partial charge in [-0.2, -0.15) is 0 Å². The molecule has 0 atom stereocenters. The summed E-state index contributed by atoms with van der Waals surface area (Å²) in [6.45, 7) is 2.83. The predicted octanol–water partition coefficient (Wildman–Crippen LogP) is 4.90. The molecule has 1 aliphatic heterocycles. The van der Waals surface area contributed by atoms with Crippen molar-refractivity contribution in [1.82, 2.24) is 0 Å². The Labute approximate surface area is 162 Å². The maximum absolute atomic E-state index is 12.4. The van der Waals surface area contributed by atoms with E-state index in [-0.39, 0.29) is 5.97 Å².